The van der Waals surface area contributed by atoms with E-state index in [9.17, 15) is 0 Å². The van der Waals surface area contributed by atoms with Gasteiger partial charge < -0.3 is 9.88 Å². The number of aryl methyl sites for hydroxylation is 1. The van der Waals surface area contributed by atoms with E-state index in [-0.39, 0.29) is 0 Å². The predicted octanol–water partition coefficient (Wildman–Crippen LogP) is 0.766. The second kappa shape index (κ2) is 3.46. The van der Waals surface area contributed by atoms with E-state index < -0.39 is 0 Å². The zero-order valence-electron chi connectivity index (χ0n) is 8.25. The number of aromatic nitrogens is 3. The molecule has 0 spiro atoms. The summed E-state index contributed by atoms with van der Waals surface area (Å²) in [5.74, 6) is 2.01. The zero-order valence-corrected chi connectivity index (χ0v) is 8.25. The van der Waals surface area contributed by atoms with E-state index in [1.54, 1.807) is 0 Å². The smallest absolute Gasteiger partial charge is 0.146 e. The van der Waals surface area contributed by atoms with Crippen molar-refractivity contribution in [3.05, 3.63) is 11.6 Å². The number of rotatable bonds is 3. The van der Waals surface area contributed by atoms with Gasteiger partial charge in [0.25, 0.3) is 0 Å². The quantitative estimate of drug-likeness (QED) is 0.747. The van der Waals surface area contributed by atoms with Gasteiger partial charge in [0, 0.05) is 13.1 Å². The molecule has 0 amide bonds. The molecule has 2 rings (SSSR count). The molecular weight excluding hydrogens is 164 g/mol. The molecule has 1 aromatic rings. The molecule has 4 heteroatoms. The van der Waals surface area contributed by atoms with Gasteiger partial charge in [-0.25, -0.2) is 0 Å². The minimum absolute atomic E-state index is 0.719. The summed E-state index contributed by atoms with van der Waals surface area (Å²) >= 11 is 0. The van der Waals surface area contributed by atoms with Gasteiger partial charge in [0.15, 0.2) is 0 Å². The molecule has 0 bridgehead atoms. The third kappa shape index (κ3) is 1.72. The van der Waals surface area contributed by atoms with Crippen molar-refractivity contribution in [3.8, 4) is 0 Å². The molecule has 1 aliphatic carbocycles. The fraction of sp³-hybridized carbons (Fsp3) is 0.778. The van der Waals surface area contributed by atoms with Gasteiger partial charge >= 0.3 is 0 Å². The molecule has 13 heavy (non-hydrogen) atoms. The van der Waals surface area contributed by atoms with E-state index in [0.717, 1.165) is 24.2 Å². The van der Waals surface area contributed by atoms with Crippen molar-refractivity contribution in [1.29, 1.82) is 0 Å². The summed E-state index contributed by atoms with van der Waals surface area (Å²) in [4.78, 5) is 0. The number of nitrogens with zero attached hydrogens (tertiary/aromatic N) is 3. The van der Waals surface area contributed by atoms with Gasteiger partial charge in [0.05, 0.1) is 6.54 Å². The molecule has 0 aromatic carbocycles. The number of hydrogen-bond donors (Lipinski definition) is 1. The first kappa shape index (κ1) is 8.69. The van der Waals surface area contributed by atoms with E-state index in [0.29, 0.717) is 0 Å². The standard InChI is InChI=1S/C9H16N4/c1-7-11-12-9(13(7)2)6-10-8-4-3-5-8/h8,10H,3-6H2,1-2H3. The van der Waals surface area contributed by atoms with Gasteiger partial charge in [-0.3, -0.25) is 0 Å². The summed E-state index contributed by atoms with van der Waals surface area (Å²) in [7, 11) is 2.01. The SMILES string of the molecule is Cc1nnc(CNC2CCC2)n1C. The molecule has 0 aliphatic heterocycles. The Morgan fingerprint density at radius 1 is 1.46 bits per heavy atom. The molecule has 0 radical (unpaired) electrons. The van der Waals surface area contributed by atoms with Crippen molar-refractivity contribution in [3.63, 3.8) is 0 Å². The van der Waals surface area contributed by atoms with Crippen LogP contribution in [0, 0.1) is 6.92 Å². The van der Waals surface area contributed by atoms with E-state index in [1.807, 2.05) is 18.5 Å². The molecule has 1 aromatic heterocycles. The Bertz CT molecular complexity index is 288. The lowest BCUT2D eigenvalue weighted by molar-refractivity contribution is 0.334. The van der Waals surface area contributed by atoms with Crippen LogP contribution in [0.1, 0.15) is 30.9 Å². The minimum Gasteiger partial charge on any atom is -0.317 e. The van der Waals surface area contributed by atoms with E-state index in [2.05, 4.69) is 15.5 Å². The Morgan fingerprint density at radius 3 is 2.69 bits per heavy atom. The van der Waals surface area contributed by atoms with Crippen molar-refractivity contribution in [2.45, 2.75) is 38.8 Å². The molecule has 0 atom stereocenters. The maximum absolute atomic E-state index is 4.10. The molecule has 1 saturated carbocycles. The Balaban J connectivity index is 1.89. The maximum atomic E-state index is 4.10. The van der Waals surface area contributed by atoms with Crippen molar-refractivity contribution in [1.82, 2.24) is 20.1 Å². The van der Waals surface area contributed by atoms with Crippen LogP contribution in [0.4, 0.5) is 0 Å². The minimum atomic E-state index is 0.719. The average molecular weight is 180 g/mol. The monoisotopic (exact) mass is 180 g/mol. The topological polar surface area (TPSA) is 42.7 Å². The van der Waals surface area contributed by atoms with E-state index in [4.69, 9.17) is 0 Å². The van der Waals surface area contributed by atoms with Crippen LogP contribution < -0.4 is 5.32 Å². The van der Waals surface area contributed by atoms with Crippen LogP contribution in [0.25, 0.3) is 0 Å². The van der Waals surface area contributed by atoms with Gasteiger partial charge in [-0.1, -0.05) is 6.42 Å². The van der Waals surface area contributed by atoms with Gasteiger partial charge in [0.2, 0.25) is 0 Å². The molecule has 1 aliphatic rings. The summed E-state index contributed by atoms with van der Waals surface area (Å²) in [6.07, 6.45) is 4.00. The first-order valence-corrected chi connectivity index (χ1v) is 4.85. The van der Waals surface area contributed by atoms with Crippen molar-refractivity contribution in [2.24, 2.45) is 7.05 Å². The highest BCUT2D eigenvalue weighted by Crippen LogP contribution is 2.18. The van der Waals surface area contributed by atoms with Gasteiger partial charge in [-0.2, -0.15) is 0 Å². The van der Waals surface area contributed by atoms with Crippen LogP contribution in [0.2, 0.25) is 0 Å². The first-order valence-electron chi connectivity index (χ1n) is 4.85. The predicted molar refractivity (Wildman–Crippen MR) is 50.2 cm³/mol. The summed E-state index contributed by atoms with van der Waals surface area (Å²) in [5, 5.41) is 11.6. The molecule has 1 heterocycles. The first-order chi connectivity index (χ1) is 6.27. The van der Waals surface area contributed by atoms with E-state index >= 15 is 0 Å². The summed E-state index contributed by atoms with van der Waals surface area (Å²) in [6, 6.07) is 0.719. The van der Waals surface area contributed by atoms with Crippen LogP contribution >= 0.6 is 0 Å². The third-order valence-corrected chi connectivity index (χ3v) is 2.84. The molecule has 0 saturated heterocycles. The molecule has 0 unspecified atom stereocenters. The molecule has 4 nitrogen and oxygen atoms in total. The van der Waals surface area contributed by atoms with Gasteiger partial charge in [-0.05, 0) is 19.8 Å². The van der Waals surface area contributed by atoms with Crippen LogP contribution in [0.15, 0.2) is 0 Å². The lowest BCUT2D eigenvalue weighted by atomic mass is 9.93. The van der Waals surface area contributed by atoms with Crippen molar-refractivity contribution < 1.29 is 0 Å². The summed E-state index contributed by atoms with van der Waals surface area (Å²) in [6.45, 7) is 2.82. The number of nitrogens with one attached hydrogen (secondary N) is 1. The highest BCUT2D eigenvalue weighted by molar-refractivity contribution is 4.93. The Hall–Kier alpha value is -0.900. The number of hydrogen-bond acceptors (Lipinski definition) is 3. The second-order valence-electron chi connectivity index (χ2n) is 3.73. The average Bonchev–Trinajstić information content (AvgIpc) is 2.33. The van der Waals surface area contributed by atoms with E-state index in [1.165, 1.54) is 19.3 Å². The molecule has 1 N–H and O–H groups in total. The fourth-order valence-electron chi connectivity index (χ4n) is 1.45. The van der Waals surface area contributed by atoms with Crippen molar-refractivity contribution in [2.75, 3.05) is 0 Å². The highest BCUT2D eigenvalue weighted by atomic mass is 15.3. The fourth-order valence-corrected chi connectivity index (χ4v) is 1.45. The molecular formula is C9H16N4. The van der Waals surface area contributed by atoms with Crippen LogP contribution in [-0.2, 0) is 13.6 Å². The van der Waals surface area contributed by atoms with Gasteiger partial charge in [0.1, 0.15) is 11.6 Å². The normalized spacial score (nSPS) is 17.4. The summed E-state index contributed by atoms with van der Waals surface area (Å²) < 4.78 is 2.03. The molecule has 1 fully saturated rings. The third-order valence-electron chi connectivity index (χ3n) is 2.84. The van der Waals surface area contributed by atoms with Crippen molar-refractivity contribution >= 4 is 0 Å². The molecule has 72 valence electrons. The Labute approximate surface area is 78.4 Å². The highest BCUT2D eigenvalue weighted by Gasteiger charge is 2.17. The Morgan fingerprint density at radius 2 is 2.23 bits per heavy atom. The maximum Gasteiger partial charge on any atom is 0.146 e. The second-order valence-corrected chi connectivity index (χ2v) is 3.73. The van der Waals surface area contributed by atoms with Crippen LogP contribution in [-0.4, -0.2) is 20.8 Å². The Kier molecular flexibility index (Phi) is 2.31. The van der Waals surface area contributed by atoms with Crippen LogP contribution in [0.3, 0.4) is 0 Å². The zero-order chi connectivity index (χ0) is 9.26. The van der Waals surface area contributed by atoms with Crippen LogP contribution in [0.5, 0.6) is 0 Å². The summed E-state index contributed by atoms with van der Waals surface area (Å²) in [5.41, 5.74) is 0. The lowest BCUT2D eigenvalue weighted by Crippen LogP contribution is -2.35. The van der Waals surface area contributed by atoms with Gasteiger partial charge in [-0.15, -0.1) is 10.2 Å². The lowest BCUT2D eigenvalue weighted by Gasteiger charge is -2.26. The largest absolute Gasteiger partial charge is 0.317 e.